The van der Waals surface area contributed by atoms with Gasteiger partial charge in [0.15, 0.2) is 0 Å². The van der Waals surface area contributed by atoms with Crippen LogP contribution in [-0.4, -0.2) is 44.9 Å². The van der Waals surface area contributed by atoms with Crippen LogP contribution in [-0.2, 0) is 14.3 Å². The smallest absolute Gasteiger partial charge is 0.250 e. The van der Waals surface area contributed by atoms with E-state index in [2.05, 4.69) is 5.32 Å². The van der Waals surface area contributed by atoms with Crippen LogP contribution in [0.1, 0.15) is 25.7 Å². The van der Waals surface area contributed by atoms with Gasteiger partial charge in [-0.05, 0) is 12.8 Å². The number of hydrogen-bond donors (Lipinski definition) is 2. The third-order valence-corrected chi connectivity index (χ3v) is 2.85. The fraction of sp³-hybridized carbons (Fsp3) is 0.909. The summed E-state index contributed by atoms with van der Waals surface area (Å²) in [7, 11) is 1.48. The highest BCUT2D eigenvalue weighted by atomic mass is 16.5. The topological polar surface area (TPSA) is 73.6 Å². The molecule has 0 saturated heterocycles. The van der Waals surface area contributed by atoms with Gasteiger partial charge in [-0.25, -0.2) is 0 Å². The van der Waals surface area contributed by atoms with Gasteiger partial charge in [-0.1, -0.05) is 12.8 Å². The van der Waals surface area contributed by atoms with Gasteiger partial charge >= 0.3 is 0 Å². The standard InChI is InChI=1S/C11H22N2O3/c1-15-10(8-12)11(14)13-6-7-16-9-4-2-3-5-9/h9-10H,2-8,12H2,1H3,(H,13,14). The first-order chi connectivity index (χ1) is 7.77. The van der Waals surface area contributed by atoms with Crippen molar-refractivity contribution in [2.75, 3.05) is 26.8 Å². The van der Waals surface area contributed by atoms with Crippen LogP contribution < -0.4 is 11.1 Å². The summed E-state index contributed by atoms with van der Waals surface area (Å²) in [5.41, 5.74) is 5.37. The number of ether oxygens (including phenoxy) is 2. The highest BCUT2D eigenvalue weighted by molar-refractivity contribution is 5.80. The second kappa shape index (κ2) is 7.60. The van der Waals surface area contributed by atoms with E-state index >= 15 is 0 Å². The van der Waals surface area contributed by atoms with Crippen molar-refractivity contribution in [1.29, 1.82) is 0 Å². The molecule has 1 aliphatic rings. The van der Waals surface area contributed by atoms with Gasteiger partial charge in [0, 0.05) is 20.2 Å². The summed E-state index contributed by atoms with van der Waals surface area (Å²) in [6.45, 7) is 1.29. The number of methoxy groups -OCH3 is 1. The maximum atomic E-state index is 11.4. The largest absolute Gasteiger partial charge is 0.376 e. The van der Waals surface area contributed by atoms with Crippen LogP contribution in [0.3, 0.4) is 0 Å². The number of carbonyl (C=O) groups is 1. The van der Waals surface area contributed by atoms with E-state index in [-0.39, 0.29) is 12.5 Å². The van der Waals surface area contributed by atoms with Crippen LogP contribution in [0.4, 0.5) is 0 Å². The van der Waals surface area contributed by atoms with E-state index in [0.717, 1.165) is 12.8 Å². The summed E-state index contributed by atoms with van der Waals surface area (Å²) in [5, 5.41) is 2.74. The number of nitrogens with two attached hydrogens (primary N) is 1. The molecule has 0 aromatic heterocycles. The fourth-order valence-corrected chi connectivity index (χ4v) is 1.88. The number of nitrogens with one attached hydrogen (secondary N) is 1. The lowest BCUT2D eigenvalue weighted by Crippen LogP contribution is -2.41. The van der Waals surface area contributed by atoms with Crippen molar-refractivity contribution in [3.05, 3.63) is 0 Å². The molecule has 94 valence electrons. The van der Waals surface area contributed by atoms with Gasteiger partial charge in [0.05, 0.1) is 12.7 Å². The first-order valence-electron chi connectivity index (χ1n) is 5.90. The van der Waals surface area contributed by atoms with Gasteiger partial charge in [-0.3, -0.25) is 4.79 Å². The third kappa shape index (κ3) is 4.47. The molecule has 1 unspecified atom stereocenters. The van der Waals surface area contributed by atoms with Crippen LogP contribution >= 0.6 is 0 Å². The first-order valence-corrected chi connectivity index (χ1v) is 5.90. The predicted octanol–water partition coefficient (Wildman–Crippen LogP) is 0.0355. The van der Waals surface area contributed by atoms with Crippen LogP contribution in [0.25, 0.3) is 0 Å². The molecule has 5 nitrogen and oxygen atoms in total. The lowest BCUT2D eigenvalue weighted by molar-refractivity contribution is -0.130. The molecule has 0 radical (unpaired) electrons. The van der Waals surface area contributed by atoms with Gasteiger partial charge < -0.3 is 20.5 Å². The fourth-order valence-electron chi connectivity index (χ4n) is 1.88. The van der Waals surface area contributed by atoms with Gasteiger partial charge in [-0.2, -0.15) is 0 Å². The minimum Gasteiger partial charge on any atom is -0.376 e. The second-order valence-corrected chi connectivity index (χ2v) is 4.03. The van der Waals surface area contributed by atoms with Crippen LogP contribution in [0.15, 0.2) is 0 Å². The molecule has 1 rings (SSSR count). The molecule has 1 saturated carbocycles. The summed E-state index contributed by atoms with van der Waals surface area (Å²) in [4.78, 5) is 11.4. The number of carbonyl (C=O) groups excluding carboxylic acids is 1. The summed E-state index contributed by atoms with van der Waals surface area (Å²) in [5.74, 6) is -0.167. The van der Waals surface area contributed by atoms with Crippen molar-refractivity contribution < 1.29 is 14.3 Å². The van der Waals surface area contributed by atoms with Crippen molar-refractivity contribution in [1.82, 2.24) is 5.32 Å². The van der Waals surface area contributed by atoms with Gasteiger partial charge in [0.1, 0.15) is 6.10 Å². The number of amides is 1. The van der Waals surface area contributed by atoms with E-state index in [1.165, 1.54) is 20.0 Å². The van der Waals surface area contributed by atoms with Crippen LogP contribution in [0.5, 0.6) is 0 Å². The molecule has 1 atom stereocenters. The summed E-state index contributed by atoms with van der Waals surface area (Å²) in [6.07, 6.45) is 4.66. The van der Waals surface area contributed by atoms with Crippen molar-refractivity contribution in [3.63, 3.8) is 0 Å². The zero-order valence-corrected chi connectivity index (χ0v) is 9.91. The molecule has 0 heterocycles. The zero-order valence-electron chi connectivity index (χ0n) is 9.91. The molecule has 0 aliphatic heterocycles. The Kier molecular flexibility index (Phi) is 6.37. The molecule has 1 aliphatic carbocycles. The minimum atomic E-state index is -0.550. The average molecular weight is 230 g/mol. The van der Waals surface area contributed by atoms with Gasteiger partial charge in [-0.15, -0.1) is 0 Å². The molecule has 0 aromatic carbocycles. The molecule has 0 bridgehead atoms. The Morgan fingerprint density at radius 2 is 2.19 bits per heavy atom. The minimum absolute atomic E-state index is 0.167. The summed E-state index contributed by atoms with van der Waals surface area (Å²) >= 11 is 0. The normalized spacial score (nSPS) is 18.6. The predicted molar refractivity (Wildman–Crippen MR) is 61.1 cm³/mol. The van der Waals surface area contributed by atoms with Gasteiger partial charge in [0.25, 0.3) is 5.91 Å². The first kappa shape index (κ1) is 13.4. The Labute approximate surface area is 96.7 Å². The summed E-state index contributed by atoms with van der Waals surface area (Å²) < 4.78 is 10.5. The molecule has 5 heteroatoms. The Bertz CT molecular complexity index is 201. The second-order valence-electron chi connectivity index (χ2n) is 4.03. The van der Waals surface area contributed by atoms with E-state index in [9.17, 15) is 4.79 Å². The SMILES string of the molecule is COC(CN)C(=O)NCCOC1CCCC1. The lowest BCUT2D eigenvalue weighted by atomic mass is 10.3. The molecule has 1 amide bonds. The quantitative estimate of drug-likeness (QED) is 0.605. The average Bonchev–Trinajstić information content (AvgIpc) is 2.79. The third-order valence-electron chi connectivity index (χ3n) is 2.85. The van der Waals surface area contributed by atoms with E-state index in [4.69, 9.17) is 15.2 Å². The van der Waals surface area contributed by atoms with Crippen molar-refractivity contribution in [2.24, 2.45) is 5.73 Å². The Morgan fingerprint density at radius 1 is 1.50 bits per heavy atom. The van der Waals surface area contributed by atoms with Gasteiger partial charge in [0.2, 0.25) is 0 Å². The van der Waals surface area contributed by atoms with Crippen molar-refractivity contribution in [3.8, 4) is 0 Å². The molecular formula is C11H22N2O3. The number of hydrogen-bond acceptors (Lipinski definition) is 4. The zero-order chi connectivity index (χ0) is 11.8. The van der Waals surface area contributed by atoms with E-state index in [1.54, 1.807) is 0 Å². The van der Waals surface area contributed by atoms with Crippen molar-refractivity contribution in [2.45, 2.75) is 37.9 Å². The maximum Gasteiger partial charge on any atom is 0.250 e. The Morgan fingerprint density at radius 3 is 2.75 bits per heavy atom. The van der Waals surface area contributed by atoms with Crippen LogP contribution in [0, 0.1) is 0 Å². The molecule has 0 aromatic rings. The number of rotatable bonds is 7. The molecular weight excluding hydrogens is 208 g/mol. The van der Waals surface area contributed by atoms with Crippen molar-refractivity contribution >= 4 is 5.91 Å². The highest BCUT2D eigenvalue weighted by Gasteiger charge is 2.16. The Balaban J connectivity index is 2.03. The molecule has 3 N–H and O–H groups in total. The maximum absolute atomic E-state index is 11.4. The van der Waals surface area contributed by atoms with E-state index in [1.807, 2.05) is 0 Å². The Hall–Kier alpha value is -0.650. The molecule has 0 spiro atoms. The monoisotopic (exact) mass is 230 g/mol. The molecule has 1 fully saturated rings. The van der Waals surface area contributed by atoms with Crippen LogP contribution in [0.2, 0.25) is 0 Å². The molecule has 16 heavy (non-hydrogen) atoms. The highest BCUT2D eigenvalue weighted by Crippen LogP contribution is 2.20. The lowest BCUT2D eigenvalue weighted by Gasteiger charge is -2.14. The van der Waals surface area contributed by atoms with E-state index < -0.39 is 6.10 Å². The summed E-state index contributed by atoms with van der Waals surface area (Å²) in [6, 6.07) is 0. The van der Waals surface area contributed by atoms with E-state index in [0.29, 0.717) is 19.3 Å².